The Labute approximate surface area is 162 Å². The standard InChI is InChI=1S/C21H25NO6/c1-4-11(2)18(20(24)25)22-19(23)12(3)27-13-8-9-15-14-6-5-7-16(14)21(26)28-17(15)10-13/h8-12,18H,4-7H2,1-3H3,(H,22,23)(H,24,25)/t11-,12+,18-/m0/s1. The summed E-state index contributed by atoms with van der Waals surface area (Å²) in [5.41, 5.74) is 1.89. The number of rotatable bonds is 7. The van der Waals surface area contributed by atoms with E-state index in [2.05, 4.69) is 5.32 Å². The van der Waals surface area contributed by atoms with Gasteiger partial charge in [-0.05, 0) is 49.8 Å². The van der Waals surface area contributed by atoms with E-state index in [9.17, 15) is 19.5 Å². The van der Waals surface area contributed by atoms with E-state index in [0.717, 1.165) is 35.8 Å². The molecule has 0 saturated heterocycles. The molecule has 0 unspecified atom stereocenters. The third-order valence-corrected chi connectivity index (χ3v) is 5.40. The molecular weight excluding hydrogens is 362 g/mol. The first-order valence-corrected chi connectivity index (χ1v) is 9.60. The maximum atomic E-state index is 12.4. The normalized spacial score (nSPS) is 16.2. The van der Waals surface area contributed by atoms with E-state index in [1.807, 2.05) is 13.0 Å². The molecule has 28 heavy (non-hydrogen) atoms. The SMILES string of the molecule is CC[C@H](C)[C@H](NC(=O)[C@@H](C)Oc1ccc2c3c(c(=O)oc2c1)CCC3)C(=O)O. The summed E-state index contributed by atoms with van der Waals surface area (Å²) in [7, 11) is 0. The zero-order chi connectivity index (χ0) is 20.4. The Bertz CT molecular complexity index is 963. The Morgan fingerprint density at radius 3 is 2.64 bits per heavy atom. The highest BCUT2D eigenvalue weighted by molar-refractivity contribution is 5.87. The van der Waals surface area contributed by atoms with Crippen LogP contribution in [0.1, 0.15) is 44.7 Å². The molecule has 0 saturated carbocycles. The number of carbonyl (C=O) groups is 2. The van der Waals surface area contributed by atoms with Crippen molar-refractivity contribution in [2.75, 3.05) is 0 Å². The van der Waals surface area contributed by atoms with E-state index in [1.165, 1.54) is 0 Å². The van der Waals surface area contributed by atoms with Crippen LogP contribution in [-0.4, -0.2) is 29.1 Å². The topological polar surface area (TPSA) is 106 Å². The average molecular weight is 387 g/mol. The van der Waals surface area contributed by atoms with Crippen LogP contribution >= 0.6 is 0 Å². The first-order valence-electron chi connectivity index (χ1n) is 9.60. The Hall–Kier alpha value is -2.83. The predicted octanol–water partition coefficient (Wildman–Crippen LogP) is 2.66. The lowest BCUT2D eigenvalue weighted by molar-refractivity contribution is -0.144. The fourth-order valence-electron chi connectivity index (χ4n) is 3.55. The van der Waals surface area contributed by atoms with Gasteiger partial charge in [0.05, 0.1) is 0 Å². The highest BCUT2D eigenvalue weighted by Crippen LogP contribution is 2.29. The number of benzene rings is 1. The van der Waals surface area contributed by atoms with Crippen LogP contribution in [0.5, 0.6) is 5.75 Å². The van der Waals surface area contributed by atoms with Crippen molar-refractivity contribution in [3.05, 3.63) is 39.7 Å². The first kappa shape index (κ1) is 19.9. The van der Waals surface area contributed by atoms with E-state index in [1.54, 1.807) is 26.0 Å². The Kier molecular flexibility index (Phi) is 5.72. The number of aryl methyl sites for hydroxylation is 1. The van der Waals surface area contributed by atoms with Gasteiger partial charge < -0.3 is 19.6 Å². The molecule has 0 fully saturated rings. The van der Waals surface area contributed by atoms with Gasteiger partial charge in [0, 0.05) is 17.0 Å². The molecule has 1 heterocycles. The van der Waals surface area contributed by atoms with E-state index in [-0.39, 0.29) is 11.5 Å². The number of nitrogens with one attached hydrogen (secondary N) is 1. The lowest BCUT2D eigenvalue weighted by atomic mass is 9.99. The summed E-state index contributed by atoms with van der Waals surface area (Å²) in [6.45, 7) is 5.19. The minimum absolute atomic E-state index is 0.203. The van der Waals surface area contributed by atoms with Crippen molar-refractivity contribution in [3.8, 4) is 5.75 Å². The molecule has 0 bridgehead atoms. The van der Waals surface area contributed by atoms with Gasteiger partial charge in [-0.25, -0.2) is 9.59 Å². The molecular formula is C21H25NO6. The number of hydrogen-bond acceptors (Lipinski definition) is 5. The first-order chi connectivity index (χ1) is 13.3. The quantitative estimate of drug-likeness (QED) is 0.708. The lowest BCUT2D eigenvalue weighted by Gasteiger charge is -2.22. The van der Waals surface area contributed by atoms with Crippen LogP contribution in [0.25, 0.3) is 11.0 Å². The summed E-state index contributed by atoms with van der Waals surface area (Å²) in [4.78, 5) is 35.9. The molecule has 3 rings (SSSR count). The third-order valence-electron chi connectivity index (χ3n) is 5.40. The summed E-state index contributed by atoms with van der Waals surface area (Å²) >= 11 is 0. The van der Waals surface area contributed by atoms with E-state index < -0.39 is 24.0 Å². The molecule has 2 aromatic rings. The van der Waals surface area contributed by atoms with Crippen molar-refractivity contribution in [2.24, 2.45) is 5.92 Å². The summed E-state index contributed by atoms with van der Waals surface area (Å²) in [5.74, 6) is -1.41. The van der Waals surface area contributed by atoms with Gasteiger partial charge in [0.1, 0.15) is 17.4 Å². The maximum absolute atomic E-state index is 12.4. The summed E-state index contributed by atoms with van der Waals surface area (Å²) in [6.07, 6.45) is 2.26. The molecule has 1 aromatic carbocycles. The third kappa shape index (κ3) is 3.88. The second-order valence-corrected chi connectivity index (χ2v) is 7.33. The van der Waals surface area contributed by atoms with Crippen molar-refractivity contribution in [1.29, 1.82) is 0 Å². The lowest BCUT2D eigenvalue weighted by Crippen LogP contribution is -2.49. The summed E-state index contributed by atoms with van der Waals surface area (Å²) < 4.78 is 11.1. The number of hydrogen-bond donors (Lipinski definition) is 2. The molecule has 3 atom stereocenters. The smallest absolute Gasteiger partial charge is 0.339 e. The van der Waals surface area contributed by atoms with E-state index >= 15 is 0 Å². The van der Waals surface area contributed by atoms with Crippen molar-refractivity contribution < 1.29 is 23.8 Å². The number of amides is 1. The van der Waals surface area contributed by atoms with E-state index in [0.29, 0.717) is 17.8 Å². The number of carboxylic acid groups (broad SMARTS) is 1. The van der Waals surface area contributed by atoms with Crippen LogP contribution in [0.3, 0.4) is 0 Å². The van der Waals surface area contributed by atoms with Crippen molar-refractivity contribution in [1.82, 2.24) is 5.32 Å². The Morgan fingerprint density at radius 2 is 1.96 bits per heavy atom. The van der Waals surface area contributed by atoms with Crippen LogP contribution in [0, 0.1) is 5.92 Å². The van der Waals surface area contributed by atoms with E-state index in [4.69, 9.17) is 9.15 Å². The highest BCUT2D eigenvalue weighted by Gasteiger charge is 2.28. The molecule has 1 amide bonds. The Balaban J connectivity index is 1.76. The summed E-state index contributed by atoms with van der Waals surface area (Å²) in [6, 6.07) is 4.19. The van der Waals surface area contributed by atoms with Gasteiger partial charge in [-0.3, -0.25) is 4.79 Å². The maximum Gasteiger partial charge on any atom is 0.339 e. The van der Waals surface area contributed by atoms with Gasteiger partial charge in [-0.15, -0.1) is 0 Å². The van der Waals surface area contributed by atoms with Crippen LogP contribution in [-0.2, 0) is 22.4 Å². The molecule has 7 nitrogen and oxygen atoms in total. The molecule has 2 N–H and O–H groups in total. The Morgan fingerprint density at radius 1 is 1.25 bits per heavy atom. The minimum atomic E-state index is -1.07. The summed E-state index contributed by atoms with van der Waals surface area (Å²) in [5, 5.41) is 12.7. The van der Waals surface area contributed by atoms with Gasteiger partial charge in [0.15, 0.2) is 6.10 Å². The van der Waals surface area contributed by atoms with Crippen molar-refractivity contribution in [2.45, 2.75) is 58.6 Å². The van der Waals surface area contributed by atoms with Gasteiger partial charge in [0.25, 0.3) is 5.91 Å². The molecule has 1 aromatic heterocycles. The fraction of sp³-hybridized carbons (Fsp3) is 0.476. The van der Waals surface area contributed by atoms with Crippen molar-refractivity contribution in [3.63, 3.8) is 0 Å². The molecule has 0 aliphatic heterocycles. The van der Waals surface area contributed by atoms with Gasteiger partial charge in [-0.2, -0.15) is 0 Å². The number of carbonyl (C=O) groups excluding carboxylic acids is 1. The molecule has 7 heteroatoms. The van der Waals surface area contributed by atoms with Crippen LogP contribution in [0.4, 0.5) is 0 Å². The number of ether oxygens (including phenoxy) is 1. The zero-order valence-corrected chi connectivity index (χ0v) is 16.3. The fourth-order valence-corrected chi connectivity index (χ4v) is 3.55. The highest BCUT2D eigenvalue weighted by atomic mass is 16.5. The molecule has 150 valence electrons. The molecule has 0 radical (unpaired) electrons. The molecule has 1 aliphatic carbocycles. The van der Waals surface area contributed by atoms with Gasteiger partial charge >= 0.3 is 11.6 Å². The monoisotopic (exact) mass is 387 g/mol. The van der Waals surface area contributed by atoms with Crippen molar-refractivity contribution >= 4 is 22.8 Å². The van der Waals surface area contributed by atoms with Crippen LogP contribution < -0.4 is 15.7 Å². The zero-order valence-electron chi connectivity index (χ0n) is 16.3. The second kappa shape index (κ2) is 8.04. The largest absolute Gasteiger partial charge is 0.481 e. The predicted molar refractivity (Wildman–Crippen MR) is 104 cm³/mol. The number of aliphatic carboxylic acids is 1. The van der Waals surface area contributed by atoms with Crippen LogP contribution in [0.15, 0.2) is 27.4 Å². The molecule has 0 spiro atoms. The number of carboxylic acids is 1. The van der Waals surface area contributed by atoms with Crippen LogP contribution in [0.2, 0.25) is 0 Å². The second-order valence-electron chi connectivity index (χ2n) is 7.33. The number of fused-ring (bicyclic) bond motifs is 3. The van der Waals surface area contributed by atoms with Gasteiger partial charge in [0.2, 0.25) is 0 Å². The molecule has 1 aliphatic rings. The average Bonchev–Trinajstić information content (AvgIpc) is 3.15. The minimum Gasteiger partial charge on any atom is -0.481 e. The van der Waals surface area contributed by atoms with Gasteiger partial charge in [-0.1, -0.05) is 20.3 Å².